The summed E-state index contributed by atoms with van der Waals surface area (Å²) < 4.78 is 3.67. The molecule has 0 amide bonds. The van der Waals surface area contributed by atoms with Crippen molar-refractivity contribution in [2.75, 3.05) is 0 Å². The van der Waals surface area contributed by atoms with Gasteiger partial charge in [0.1, 0.15) is 5.01 Å². The minimum Gasteiger partial charge on any atom is -0.308 e. The standard InChI is InChI=1S/C45H26N4S/c1-3-12-27(13-4-1)41-33-19-7-9-20-36(33)46-44(48-41)31-17-11-16-29(24-31)30-22-23-39-35(25-30)40-42-34(32-18-8-10-21-38(32)49(39)42)26-37-43(40)50-45(47-37)28-14-5-2-6-15-28/h1-26H. The van der Waals surface area contributed by atoms with Crippen molar-refractivity contribution in [3.8, 4) is 44.3 Å². The number of para-hydroxylation sites is 2. The Morgan fingerprint density at radius 1 is 0.420 bits per heavy atom. The molecule has 4 nitrogen and oxygen atoms in total. The van der Waals surface area contributed by atoms with Gasteiger partial charge in [0.15, 0.2) is 5.82 Å². The monoisotopic (exact) mass is 654 g/mol. The van der Waals surface area contributed by atoms with Crippen LogP contribution in [-0.2, 0) is 0 Å². The lowest BCUT2D eigenvalue weighted by atomic mass is 9.99. The molecule has 0 atom stereocenters. The molecule has 4 aromatic heterocycles. The highest BCUT2D eigenvalue weighted by atomic mass is 32.1. The zero-order chi connectivity index (χ0) is 32.8. The molecule has 11 aromatic rings. The Labute approximate surface area is 290 Å². The number of thiazole rings is 1. The van der Waals surface area contributed by atoms with Gasteiger partial charge in [0, 0.05) is 43.6 Å². The van der Waals surface area contributed by atoms with E-state index in [-0.39, 0.29) is 0 Å². The number of benzene rings is 7. The molecule has 0 N–H and O–H groups in total. The molecule has 0 saturated carbocycles. The lowest BCUT2D eigenvalue weighted by molar-refractivity contribution is 1.23. The van der Waals surface area contributed by atoms with Gasteiger partial charge < -0.3 is 4.40 Å². The summed E-state index contributed by atoms with van der Waals surface area (Å²) in [7, 11) is 0. The molecule has 50 heavy (non-hydrogen) atoms. The van der Waals surface area contributed by atoms with Crippen molar-refractivity contribution in [1.82, 2.24) is 19.4 Å². The highest BCUT2D eigenvalue weighted by Gasteiger charge is 2.22. The summed E-state index contributed by atoms with van der Waals surface area (Å²) in [6, 6.07) is 55.7. The molecule has 11 rings (SSSR count). The van der Waals surface area contributed by atoms with Gasteiger partial charge in [0.05, 0.1) is 38.0 Å². The lowest BCUT2D eigenvalue weighted by Crippen LogP contribution is -1.95. The van der Waals surface area contributed by atoms with Crippen molar-refractivity contribution in [3.05, 3.63) is 158 Å². The average Bonchev–Trinajstić information content (AvgIpc) is 3.87. The minimum atomic E-state index is 0.720. The van der Waals surface area contributed by atoms with Crippen molar-refractivity contribution in [2.24, 2.45) is 0 Å². The molecule has 232 valence electrons. The summed E-state index contributed by atoms with van der Waals surface area (Å²) in [6.07, 6.45) is 0. The van der Waals surface area contributed by atoms with Gasteiger partial charge in [-0.05, 0) is 47.5 Å². The zero-order valence-electron chi connectivity index (χ0n) is 26.7. The Bertz CT molecular complexity index is 3090. The van der Waals surface area contributed by atoms with E-state index in [1.807, 2.05) is 12.1 Å². The van der Waals surface area contributed by atoms with Gasteiger partial charge in [-0.15, -0.1) is 11.3 Å². The second-order valence-electron chi connectivity index (χ2n) is 12.8. The number of nitrogens with zero attached hydrogens (tertiary/aromatic N) is 4. The van der Waals surface area contributed by atoms with Gasteiger partial charge in [-0.25, -0.2) is 15.0 Å². The van der Waals surface area contributed by atoms with Crippen LogP contribution in [0.1, 0.15) is 0 Å². The third-order valence-electron chi connectivity index (χ3n) is 9.94. The van der Waals surface area contributed by atoms with E-state index >= 15 is 0 Å². The molecule has 0 aliphatic rings. The van der Waals surface area contributed by atoms with E-state index < -0.39 is 0 Å². The Balaban J connectivity index is 1.13. The highest BCUT2D eigenvalue weighted by Crippen LogP contribution is 2.46. The van der Waals surface area contributed by atoms with E-state index in [2.05, 4.69) is 150 Å². The Kier molecular flexibility index (Phi) is 5.80. The SMILES string of the molecule is c1ccc(-c2nc3cc4c5ccccc5n5c6ccc(-c7cccc(-c8nc(-c9ccccc9)c9ccccc9n8)c7)cc6c(c3s2)c45)cc1. The Hall–Kier alpha value is -6.43. The van der Waals surface area contributed by atoms with Crippen LogP contribution in [0.15, 0.2) is 158 Å². The van der Waals surface area contributed by atoms with E-state index in [0.717, 1.165) is 60.8 Å². The number of hydrogen-bond donors (Lipinski definition) is 0. The second kappa shape index (κ2) is 10.5. The molecule has 0 unspecified atom stereocenters. The largest absolute Gasteiger partial charge is 0.308 e. The topological polar surface area (TPSA) is 43.1 Å². The van der Waals surface area contributed by atoms with Gasteiger partial charge in [-0.2, -0.15) is 0 Å². The predicted octanol–water partition coefficient (Wildman–Crippen LogP) is 12.1. The van der Waals surface area contributed by atoms with Crippen LogP contribution >= 0.6 is 11.3 Å². The molecular weight excluding hydrogens is 629 g/mol. The first kappa shape index (κ1) is 27.5. The summed E-state index contributed by atoms with van der Waals surface area (Å²) in [5.41, 5.74) is 12.1. The van der Waals surface area contributed by atoms with Crippen molar-refractivity contribution in [1.29, 1.82) is 0 Å². The van der Waals surface area contributed by atoms with E-state index in [1.165, 1.54) is 42.8 Å². The summed E-state index contributed by atoms with van der Waals surface area (Å²) in [6.45, 7) is 0. The third kappa shape index (κ3) is 4.01. The number of aromatic nitrogens is 4. The fraction of sp³-hybridized carbons (Fsp3) is 0. The Morgan fingerprint density at radius 3 is 1.96 bits per heavy atom. The maximum atomic E-state index is 5.20. The predicted molar refractivity (Wildman–Crippen MR) is 209 cm³/mol. The summed E-state index contributed by atoms with van der Waals surface area (Å²) in [4.78, 5) is 15.4. The maximum absolute atomic E-state index is 5.20. The third-order valence-corrected chi connectivity index (χ3v) is 11.1. The zero-order valence-corrected chi connectivity index (χ0v) is 27.5. The van der Waals surface area contributed by atoms with Crippen molar-refractivity contribution >= 4 is 70.6 Å². The molecule has 0 aliphatic heterocycles. The van der Waals surface area contributed by atoms with Crippen LogP contribution in [-0.4, -0.2) is 19.4 Å². The van der Waals surface area contributed by atoms with Crippen LogP contribution in [0.4, 0.5) is 0 Å². The van der Waals surface area contributed by atoms with E-state index in [1.54, 1.807) is 11.3 Å². The molecule has 4 heterocycles. The molecule has 0 aliphatic carbocycles. The molecular formula is C45H26N4S. The van der Waals surface area contributed by atoms with Crippen LogP contribution in [0.5, 0.6) is 0 Å². The fourth-order valence-electron chi connectivity index (χ4n) is 7.69. The van der Waals surface area contributed by atoms with Gasteiger partial charge in [0.2, 0.25) is 0 Å². The normalized spacial score (nSPS) is 12.0. The minimum absolute atomic E-state index is 0.720. The van der Waals surface area contributed by atoms with Crippen LogP contribution < -0.4 is 0 Å². The van der Waals surface area contributed by atoms with E-state index in [9.17, 15) is 0 Å². The first-order valence-corrected chi connectivity index (χ1v) is 17.6. The van der Waals surface area contributed by atoms with Crippen molar-refractivity contribution < 1.29 is 0 Å². The van der Waals surface area contributed by atoms with Crippen LogP contribution in [0.2, 0.25) is 0 Å². The molecule has 0 saturated heterocycles. The summed E-state index contributed by atoms with van der Waals surface area (Å²) in [5, 5.41) is 7.10. The molecule has 0 radical (unpaired) electrons. The quantitative estimate of drug-likeness (QED) is 0.190. The molecule has 0 spiro atoms. The first-order valence-electron chi connectivity index (χ1n) is 16.8. The first-order chi connectivity index (χ1) is 24.8. The maximum Gasteiger partial charge on any atom is 0.160 e. The number of rotatable bonds is 4. The highest BCUT2D eigenvalue weighted by molar-refractivity contribution is 7.22. The van der Waals surface area contributed by atoms with Crippen LogP contribution in [0.25, 0.3) is 104 Å². The molecule has 5 heteroatoms. The number of hydrogen-bond acceptors (Lipinski definition) is 4. The van der Waals surface area contributed by atoms with Crippen LogP contribution in [0.3, 0.4) is 0 Å². The van der Waals surface area contributed by atoms with Crippen LogP contribution in [0, 0.1) is 0 Å². The fourth-order valence-corrected chi connectivity index (χ4v) is 8.79. The van der Waals surface area contributed by atoms with Crippen molar-refractivity contribution in [3.63, 3.8) is 0 Å². The summed E-state index contributed by atoms with van der Waals surface area (Å²) >= 11 is 1.78. The van der Waals surface area contributed by atoms with Gasteiger partial charge in [-0.1, -0.05) is 121 Å². The van der Waals surface area contributed by atoms with Gasteiger partial charge >= 0.3 is 0 Å². The summed E-state index contributed by atoms with van der Waals surface area (Å²) in [5.74, 6) is 0.720. The smallest absolute Gasteiger partial charge is 0.160 e. The van der Waals surface area contributed by atoms with E-state index in [4.69, 9.17) is 15.0 Å². The molecule has 0 fully saturated rings. The average molecular weight is 655 g/mol. The number of fused-ring (bicyclic) bond motifs is 9. The second-order valence-corrected chi connectivity index (χ2v) is 13.8. The van der Waals surface area contributed by atoms with Gasteiger partial charge in [-0.3, -0.25) is 0 Å². The van der Waals surface area contributed by atoms with Crippen molar-refractivity contribution in [2.45, 2.75) is 0 Å². The molecule has 7 aromatic carbocycles. The molecule has 0 bridgehead atoms. The lowest BCUT2D eigenvalue weighted by Gasteiger charge is -2.10. The van der Waals surface area contributed by atoms with Gasteiger partial charge in [0.25, 0.3) is 0 Å². The Morgan fingerprint density at radius 2 is 1.10 bits per heavy atom. The van der Waals surface area contributed by atoms with E-state index in [0.29, 0.717) is 0 Å².